The maximum Gasteiger partial charge on any atom is 0.220 e. The molecule has 0 bridgehead atoms. The van der Waals surface area contributed by atoms with Crippen molar-refractivity contribution < 1.29 is 4.42 Å². The third-order valence-corrected chi connectivity index (χ3v) is 11.9. The quantitative estimate of drug-likeness (QED) is 0.162. The Labute approximate surface area is 286 Å². The van der Waals surface area contributed by atoms with Crippen molar-refractivity contribution in [2.45, 2.75) is 69.9 Å². The van der Waals surface area contributed by atoms with Gasteiger partial charge in [-0.25, -0.2) is 4.98 Å². The third-order valence-electron chi connectivity index (χ3n) is 11.0. The Morgan fingerprint density at radius 3 is 2.13 bits per heavy atom. The number of piperazine rings is 1. The third kappa shape index (κ3) is 7.79. The normalized spacial score (nSPS) is 22.4. The van der Waals surface area contributed by atoms with Gasteiger partial charge in [-0.05, 0) is 100 Å². The average molecular weight is 652 g/mol. The lowest BCUT2D eigenvalue weighted by molar-refractivity contribution is 0.0949. The molecule has 4 aromatic rings. The number of anilines is 2. The number of benzene rings is 2. The van der Waals surface area contributed by atoms with Crippen LogP contribution in [0, 0.1) is 11.8 Å². The molecule has 2 saturated heterocycles. The van der Waals surface area contributed by atoms with Gasteiger partial charge in [0.25, 0.3) is 0 Å². The molecule has 6 nitrogen and oxygen atoms in total. The fraction of sp³-hybridized carbons (Fsp3) is 0.525. The molecule has 1 aliphatic carbocycles. The van der Waals surface area contributed by atoms with Gasteiger partial charge in [0.1, 0.15) is 5.69 Å². The van der Waals surface area contributed by atoms with Gasteiger partial charge in [-0.2, -0.15) is 0 Å². The number of oxazole rings is 1. The molecule has 2 atom stereocenters. The van der Waals surface area contributed by atoms with Gasteiger partial charge in [0.05, 0.1) is 6.04 Å². The molecule has 2 aromatic heterocycles. The Bertz CT molecular complexity index is 1480. The fourth-order valence-electron chi connectivity index (χ4n) is 8.52. The Kier molecular flexibility index (Phi) is 10.6. The van der Waals surface area contributed by atoms with Crippen molar-refractivity contribution in [2.75, 3.05) is 63.2 Å². The minimum atomic E-state index is 0.257. The summed E-state index contributed by atoms with van der Waals surface area (Å²) < 4.78 is 7.01. The molecule has 0 N–H and O–H groups in total. The first-order valence-electron chi connectivity index (χ1n) is 18.1. The second-order valence-electron chi connectivity index (χ2n) is 14.3. The van der Waals surface area contributed by atoms with E-state index in [9.17, 15) is 0 Å². The van der Waals surface area contributed by atoms with E-state index in [0.717, 1.165) is 75.5 Å². The zero-order valence-corrected chi connectivity index (χ0v) is 29.3. The monoisotopic (exact) mass is 651 g/mol. The lowest BCUT2D eigenvalue weighted by atomic mass is 9.75. The number of thiophene rings is 1. The predicted octanol–water partition coefficient (Wildman–Crippen LogP) is 8.68. The highest BCUT2D eigenvalue weighted by Gasteiger charge is 2.36. The van der Waals surface area contributed by atoms with E-state index in [0.29, 0.717) is 12.0 Å². The first kappa shape index (κ1) is 32.4. The van der Waals surface area contributed by atoms with E-state index in [2.05, 4.69) is 112 Å². The van der Waals surface area contributed by atoms with Crippen LogP contribution < -0.4 is 9.80 Å². The van der Waals surface area contributed by atoms with Crippen molar-refractivity contribution in [1.82, 2.24) is 14.8 Å². The van der Waals surface area contributed by atoms with Crippen LogP contribution in [0.5, 0.6) is 0 Å². The molecule has 0 radical (unpaired) electrons. The summed E-state index contributed by atoms with van der Waals surface area (Å²) in [4.78, 5) is 17.1. The zero-order valence-electron chi connectivity index (χ0n) is 28.5. The lowest BCUT2D eigenvalue weighted by Gasteiger charge is -2.39. The number of rotatable bonds is 11. The van der Waals surface area contributed by atoms with Gasteiger partial charge < -0.3 is 19.1 Å². The van der Waals surface area contributed by atoms with Crippen molar-refractivity contribution in [3.63, 3.8) is 0 Å². The number of para-hydroxylation sites is 1. The van der Waals surface area contributed by atoms with Gasteiger partial charge in [0.15, 0.2) is 0 Å². The van der Waals surface area contributed by atoms with E-state index in [-0.39, 0.29) is 6.04 Å². The van der Waals surface area contributed by atoms with Crippen LogP contribution in [0.25, 0.3) is 0 Å². The summed E-state index contributed by atoms with van der Waals surface area (Å²) in [6, 6.07) is 27.0. The molecule has 250 valence electrons. The number of aromatic nitrogens is 1. The molecule has 0 spiro atoms. The van der Waals surface area contributed by atoms with E-state index in [4.69, 9.17) is 9.40 Å². The van der Waals surface area contributed by atoms with Crippen LogP contribution in [-0.2, 0) is 6.42 Å². The van der Waals surface area contributed by atoms with Crippen LogP contribution in [0.3, 0.4) is 0 Å². The summed E-state index contributed by atoms with van der Waals surface area (Å²) in [5, 5.41) is 2.24. The standard InChI is InChI=1S/C40H53N5OS/c1-42(2)38(37-17-12-28-47-37)33-20-18-32(19-21-33)30-36(44-22-10-5-11-23-44)39-41-35(29-31-13-6-3-7-14-31)40(46-39)45-26-24-43(25-27-45)34-15-8-4-9-16-34/h3-4,6-9,12-17,28,32-33,36,38H,5,10-11,18-27,29-30H2,1-2H3. The van der Waals surface area contributed by atoms with Gasteiger partial charge in [0, 0.05) is 49.2 Å². The molecule has 3 fully saturated rings. The average Bonchev–Trinajstić information content (AvgIpc) is 3.80. The van der Waals surface area contributed by atoms with Crippen LogP contribution >= 0.6 is 11.3 Å². The molecule has 47 heavy (non-hydrogen) atoms. The van der Waals surface area contributed by atoms with Gasteiger partial charge in [0.2, 0.25) is 11.8 Å². The second kappa shape index (κ2) is 15.4. The first-order valence-corrected chi connectivity index (χ1v) is 19.0. The molecule has 2 aliphatic heterocycles. The van der Waals surface area contributed by atoms with Gasteiger partial charge in [-0.1, -0.05) is 73.9 Å². The molecule has 4 heterocycles. The highest BCUT2D eigenvalue weighted by atomic mass is 32.1. The Hall–Kier alpha value is -3.13. The molecular formula is C40H53N5OS. The Balaban J connectivity index is 1.11. The van der Waals surface area contributed by atoms with E-state index < -0.39 is 0 Å². The number of hydrogen-bond acceptors (Lipinski definition) is 7. The summed E-state index contributed by atoms with van der Waals surface area (Å²) >= 11 is 1.92. The minimum absolute atomic E-state index is 0.257. The van der Waals surface area contributed by atoms with E-state index in [1.807, 2.05) is 11.3 Å². The number of piperidine rings is 1. The molecule has 2 unspecified atom stereocenters. The molecular weight excluding hydrogens is 599 g/mol. The van der Waals surface area contributed by atoms with Crippen molar-refractivity contribution in [3.8, 4) is 0 Å². The maximum atomic E-state index is 7.01. The lowest BCUT2D eigenvalue weighted by Crippen LogP contribution is -2.46. The highest BCUT2D eigenvalue weighted by Crippen LogP contribution is 2.44. The molecule has 7 heteroatoms. The molecule has 7 rings (SSSR count). The summed E-state index contributed by atoms with van der Waals surface area (Å²) in [5.74, 6) is 3.41. The molecule has 2 aromatic carbocycles. The fourth-order valence-corrected chi connectivity index (χ4v) is 9.54. The van der Waals surface area contributed by atoms with Crippen molar-refractivity contribution >= 4 is 22.9 Å². The van der Waals surface area contributed by atoms with Crippen molar-refractivity contribution in [2.24, 2.45) is 11.8 Å². The zero-order chi connectivity index (χ0) is 32.0. The largest absolute Gasteiger partial charge is 0.423 e. The molecule has 0 amide bonds. The topological polar surface area (TPSA) is 39.0 Å². The summed E-state index contributed by atoms with van der Waals surface area (Å²) in [7, 11) is 4.52. The van der Waals surface area contributed by atoms with E-state index in [1.165, 1.54) is 61.1 Å². The second-order valence-corrected chi connectivity index (χ2v) is 15.3. The smallest absolute Gasteiger partial charge is 0.220 e. The van der Waals surface area contributed by atoms with E-state index in [1.54, 1.807) is 0 Å². The van der Waals surface area contributed by atoms with Gasteiger partial charge >= 0.3 is 0 Å². The Morgan fingerprint density at radius 1 is 0.787 bits per heavy atom. The number of hydrogen-bond donors (Lipinski definition) is 0. The summed E-state index contributed by atoms with van der Waals surface area (Å²) in [6.45, 7) is 6.18. The summed E-state index contributed by atoms with van der Waals surface area (Å²) in [5.41, 5.74) is 3.71. The van der Waals surface area contributed by atoms with Crippen LogP contribution in [0.1, 0.15) is 85.5 Å². The first-order chi connectivity index (χ1) is 23.1. The molecule has 3 aliphatic rings. The van der Waals surface area contributed by atoms with Crippen LogP contribution in [0.4, 0.5) is 11.6 Å². The van der Waals surface area contributed by atoms with Crippen molar-refractivity contribution in [3.05, 3.63) is 100 Å². The van der Waals surface area contributed by atoms with Crippen LogP contribution in [-0.4, -0.2) is 68.1 Å². The highest BCUT2D eigenvalue weighted by molar-refractivity contribution is 7.10. The number of nitrogens with zero attached hydrogens (tertiary/aromatic N) is 5. The van der Waals surface area contributed by atoms with Gasteiger partial charge in [-0.15, -0.1) is 11.3 Å². The van der Waals surface area contributed by atoms with E-state index >= 15 is 0 Å². The predicted molar refractivity (Wildman–Crippen MR) is 196 cm³/mol. The van der Waals surface area contributed by atoms with Crippen LogP contribution in [0.15, 0.2) is 82.6 Å². The Morgan fingerprint density at radius 2 is 1.47 bits per heavy atom. The summed E-state index contributed by atoms with van der Waals surface area (Å²) in [6.07, 6.45) is 11.1. The maximum absolute atomic E-state index is 7.01. The number of likely N-dealkylation sites (tertiary alicyclic amines) is 1. The molecule has 1 saturated carbocycles. The van der Waals surface area contributed by atoms with Gasteiger partial charge in [-0.3, -0.25) is 4.90 Å². The van der Waals surface area contributed by atoms with Crippen LogP contribution in [0.2, 0.25) is 0 Å². The SMILES string of the molecule is CN(C)C(c1cccs1)C1CCC(CC(c2nc(Cc3ccccc3)c(N3CCN(c4ccccc4)CC3)o2)N2CCCCC2)CC1. The van der Waals surface area contributed by atoms with Crippen molar-refractivity contribution in [1.29, 1.82) is 0 Å². The minimum Gasteiger partial charge on any atom is -0.423 e.